The lowest BCUT2D eigenvalue weighted by atomic mass is 10.2. The molecule has 26 heavy (non-hydrogen) atoms. The highest BCUT2D eigenvalue weighted by Crippen LogP contribution is 2.18. The van der Waals surface area contributed by atoms with Gasteiger partial charge in [-0.2, -0.15) is 10.4 Å². The summed E-state index contributed by atoms with van der Waals surface area (Å²) in [6.45, 7) is 2.47. The fraction of sp³-hybridized carbons (Fsp3) is 0.105. The van der Waals surface area contributed by atoms with Crippen LogP contribution in [-0.2, 0) is 4.79 Å². The minimum absolute atomic E-state index is 0.0383. The standard InChI is InChI=1S/C19H17N5O2/c1-2-26-17-7-5-15(6-8-17)23-19(25)14(10-20)11-21-16-4-3-13-12-22-24-18(13)9-16/h3-9,11-12,21H,2H2,1H3,(H,22,24)(H,23,25)/b14-11-. The summed E-state index contributed by atoms with van der Waals surface area (Å²) < 4.78 is 5.35. The number of nitrogens with one attached hydrogen (secondary N) is 3. The molecular weight excluding hydrogens is 330 g/mol. The van der Waals surface area contributed by atoms with Crippen LogP contribution in [0.15, 0.2) is 60.4 Å². The van der Waals surface area contributed by atoms with Crippen LogP contribution in [0.4, 0.5) is 11.4 Å². The summed E-state index contributed by atoms with van der Waals surface area (Å²) in [5.41, 5.74) is 2.14. The van der Waals surface area contributed by atoms with Crippen molar-refractivity contribution in [3.05, 3.63) is 60.4 Å². The summed E-state index contributed by atoms with van der Waals surface area (Å²) in [5.74, 6) is 0.226. The molecule has 3 N–H and O–H groups in total. The van der Waals surface area contributed by atoms with Crippen LogP contribution in [0.2, 0.25) is 0 Å². The van der Waals surface area contributed by atoms with E-state index in [2.05, 4.69) is 20.8 Å². The third kappa shape index (κ3) is 3.99. The van der Waals surface area contributed by atoms with Gasteiger partial charge in [-0.3, -0.25) is 9.89 Å². The zero-order valence-corrected chi connectivity index (χ0v) is 14.1. The number of hydrogen-bond donors (Lipinski definition) is 3. The molecular formula is C19H17N5O2. The SMILES string of the molecule is CCOc1ccc(NC(=O)/C(C#N)=C\Nc2ccc3cn[nH]c3c2)cc1. The Morgan fingerprint density at radius 3 is 2.77 bits per heavy atom. The number of nitrogens with zero attached hydrogens (tertiary/aromatic N) is 2. The normalized spacial score (nSPS) is 11.0. The summed E-state index contributed by atoms with van der Waals surface area (Å²) in [7, 11) is 0. The van der Waals surface area contributed by atoms with Crippen molar-refractivity contribution >= 4 is 28.2 Å². The number of nitriles is 1. The smallest absolute Gasteiger partial charge is 0.267 e. The highest BCUT2D eigenvalue weighted by molar-refractivity contribution is 6.06. The Bertz CT molecular complexity index is 983. The van der Waals surface area contributed by atoms with Crippen molar-refractivity contribution in [1.29, 1.82) is 5.26 Å². The van der Waals surface area contributed by atoms with E-state index in [1.165, 1.54) is 6.20 Å². The Morgan fingerprint density at radius 1 is 1.27 bits per heavy atom. The van der Waals surface area contributed by atoms with Crippen molar-refractivity contribution < 1.29 is 9.53 Å². The van der Waals surface area contributed by atoms with Crippen molar-refractivity contribution in [1.82, 2.24) is 10.2 Å². The summed E-state index contributed by atoms with van der Waals surface area (Å²) in [4.78, 5) is 12.3. The molecule has 0 unspecified atom stereocenters. The van der Waals surface area contributed by atoms with Gasteiger partial charge in [0.05, 0.1) is 18.3 Å². The largest absolute Gasteiger partial charge is 0.494 e. The molecule has 2 aromatic carbocycles. The predicted molar refractivity (Wildman–Crippen MR) is 99.7 cm³/mol. The molecule has 0 aliphatic carbocycles. The molecule has 0 atom stereocenters. The number of carbonyl (C=O) groups is 1. The lowest BCUT2D eigenvalue weighted by Gasteiger charge is -2.07. The van der Waals surface area contributed by atoms with Crippen molar-refractivity contribution in [2.24, 2.45) is 0 Å². The second kappa shape index (κ2) is 7.85. The Hall–Kier alpha value is -3.79. The second-order valence-electron chi connectivity index (χ2n) is 5.40. The molecule has 0 saturated carbocycles. The number of benzene rings is 2. The maximum Gasteiger partial charge on any atom is 0.267 e. The third-order valence-corrected chi connectivity index (χ3v) is 3.61. The Labute approximate surface area is 150 Å². The zero-order chi connectivity index (χ0) is 18.4. The maximum atomic E-state index is 12.3. The molecule has 0 saturated heterocycles. The number of amides is 1. The topological polar surface area (TPSA) is 103 Å². The van der Waals surface area contributed by atoms with E-state index in [9.17, 15) is 10.1 Å². The number of rotatable bonds is 6. The molecule has 0 aliphatic rings. The molecule has 3 rings (SSSR count). The summed E-state index contributed by atoms with van der Waals surface area (Å²) in [6.07, 6.45) is 3.10. The lowest BCUT2D eigenvalue weighted by Crippen LogP contribution is -2.14. The molecule has 0 spiro atoms. The number of fused-ring (bicyclic) bond motifs is 1. The van der Waals surface area contributed by atoms with Crippen LogP contribution in [0.25, 0.3) is 10.9 Å². The number of anilines is 2. The van der Waals surface area contributed by atoms with Crippen LogP contribution in [0.5, 0.6) is 5.75 Å². The van der Waals surface area contributed by atoms with Crippen LogP contribution in [-0.4, -0.2) is 22.7 Å². The average molecular weight is 347 g/mol. The molecule has 7 heteroatoms. The number of aromatic nitrogens is 2. The van der Waals surface area contributed by atoms with Gasteiger partial charge in [0.2, 0.25) is 0 Å². The van der Waals surface area contributed by atoms with E-state index in [4.69, 9.17) is 4.74 Å². The van der Waals surface area contributed by atoms with Gasteiger partial charge in [-0.15, -0.1) is 0 Å². The van der Waals surface area contributed by atoms with Gasteiger partial charge in [0.1, 0.15) is 17.4 Å². The van der Waals surface area contributed by atoms with E-state index in [0.29, 0.717) is 12.3 Å². The van der Waals surface area contributed by atoms with E-state index in [1.54, 1.807) is 30.5 Å². The molecule has 7 nitrogen and oxygen atoms in total. The molecule has 130 valence electrons. The zero-order valence-electron chi connectivity index (χ0n) is 14.1. The van der Waals surface area contributed by atoms with E-state index in [-0.39, 0.29) is 5.57 Å². The number of aromatic amines is 1. The Kier molecular flexibility index (Phi) is 5.15. The summed E-state index contributed by atoms with van der Waals surface area (Å²) in [5, 5.41) is 22.7. The quantitative estimate of drug-likeness (QED) is 0.468. The van der Waals surface area contributed by atoms with Crippen molar-refractivity contribution in [3.63, 3.8) is 0 Å². The lowest BCUT2D eigenvalue weighted by molar-refractivity contribution is -0.112. The first-order chi connectivity index (χ1) is 12.7. The van der Waals surface area contributed by atoms with Crippen LogP contribution in [0.1, 0.15) is 6.92 Å². The first-order valence-electron chi connectivity index (χ1n) is 8.03. The maximum absolute atomic E-state index is 12.3. The summed E-state index contributed by atoms with van der Waals surface area (Å²) >= 11 is 0. The molecule has 1 amide bonds. The van der Waals surface area contributed by atoms with Crippen molar-refractivity contribution in [2.75, 3.05) is 17.2 Å². The molecule has 0 radical (unpaired) electrons. The third-order valence-electron chi connectivity index (χ3n) is 3.61. The van der Waals surface area contributed by atoms with Gasteiger partial charge < -0.3 is 15.4 Å². The van der Waals surface area contributed by atoms with Crippen LogP contribution >= 0.6 is 0 Å². The monoisotopic (exact) mass is 347 g/mol. The number of carbonyl (C=O) groups excluding carboxylic acids is 1. The minimum atomic E-state index is -0.494. The second-order valence-corrected chi connectivity index (χ2v) is 5.40. The predicted octanol–water partition coefficient (Wildman–Crippen LogP) is 3.42. The molecule has 1 heterocycles. The highest BCUT2D eigenvalue weighted by atomic mass is 16.5. The van der Waals surface area contributed by atoms with Gasteiger partial charge in [-0.05, 0) is 49.4 Å². The summed E-state index contributed by atoms with van der Waals surface area (Å²) in [6, 6.07) is 14.4. The molecule has 3 aromatic rings. The van der Waals surface area contributed by atoms with E-state index >= 15 is 0 Å². The number of H-pyrrole nitrogens is 1. The van der Waals surface area contributed by atoms with Crippen molar-refractivity contribution in [2.45, 2.75) is 6.92 Å². The number of ether oxygens (including phenoxy) is 1. The van der Waals surface area contributed by atoms with Gasteiger partial charge in [0, 0.05) is 23.0 Å². The van der Waals surface area contributed by atoms with E-state index < -0.39 is 5.91 Å². The van der Waals surface area contributed by atoms with Crippen LogP contribution in [0, 0.1) is 11.3 Å². The molecule has 0 fully saturated rings. The van der Waals surface area contributed by atoms with Gasteiger partial charge in [0.15, 0.2) is 0 Å². The van der Waals surface area contributed by atoms with E-state index in [0.717, 1.165) is 22.3 Å². The minimum Gasteiger partial charge on any atom is -0.494 e. The first kappa shape index (κ1) is 17.0. The van der Waals surface area contributed by atoms with Gasteiger partial charge in [-0.1, -0.05) is 0 Å². The fourth-order valence-electron chi connectivity index (χ4n) is 2.33. The first-order valence-corrected chi connectivity index (χ1v) is 8.03. The molecule has 0 bridgehead atoms. The fourth-order valence-corrected chi connectivity index (χ4v) is 2.33. The van der Waals surface area contributed by atoms with Gasteiger partial charge in [0.25, 0.3) is 5.91 Å². The molecule has 0 aliphatic heterocycles. The average Bonchev–Trinajstić information content (AvgIpc) is 3.12. The van der Waals surface area contributed by atoms with Crippen LogP contribution < -0.4 is 15.4 Å². The number of hydrogen-bond acceptors (Lipinski definition) is 5. The van der Waals surface area contributed by atoms with Gasteiger partial charge >= 0.3 is 0 Å². The van der Waals surface area contributed by atoms with E-state index in [1.807, 2.05) is 31.2 Å². The highest BCUT2D eigenvalue weighted by Gasteiger charge is 2.09. The Balaban J connectivity index is 1.67. The van der Waals surface area contributed by atoms with Crippen molar-refractivity contribution in [3.8, 4) is 11.8 Å². The Morgan fingerprint density at radius 2 is 2.04 bits per heavy atom. The van der Waals surface area contributed by atoms with Crippen LogP contribution in [0.3, 0.4) is 0 Å². The van der Waals surface area contributed by atoms with Gasteiger partial charge in [-0.25, -0.2) is 0 Å². The molecule has 1 aromatic heterocycles.